The van der Waals surface area contributed by atoms with Crippen LogP contribution in [-0.4, -0.2) is 51.2 Å². The molecule has 0 aliphatic carbocycles. The van der Waals surface area contributed by atoms with Crippen molar-refractivity contribution in [3.8, 4) is 0 Å². The molecule has 0 bridgehead atoms. The van der Waals surface area contributed by atoms with Gasteiger partial charge >= 0.3 is 0 Å². The highest BCUT2D eigenvalue weighted by atomic mass is 16.6. The first kappa shape index (κ1) is 25.6. The molecule has 0 aliphatic rings. The second-order valence-corrected chi connectivity index (χ2v) is 8.94. The van der Waals surface area contributed by atoms with Gasteiger partial charge in [0.05, 0.1) is 4.92 Å². The fourth-order valence-corrected chi connectivity index (χ4v) is 4.41. The van der Waals surface area contributed by atoms with Crippen molar-refractivity contribution < 1.29 is 14.5 Å². The van der Waals surface area contributed by atoms with E-state index in [0.717, 1.165) is 22.0 Å². The number of H-pyrrole nitrogens is 1. The Kier molecular flexibility index (Phi) is 8.30. The van der Waals surface area contributed by atoms with Gasteiger partial charge in [-0.15, -0.1) is 0 Å². The molecule has 4 aromatic rings. The van der Waals surface area contributed by atoms with Crippen LogP contribution in [-0.2, 0) is 17.8 Å². The van der Waals surface area contributed by atoms with E-state index in [-0.39, 0.29) is 23.7 Å². The number of carbonyl (C=O) groups is 2. The molecule has 1 aromatic heterocycles. The maximum atomic E-state index is 13.6. The Hall–Kier alpha value is -4.46. The van der Waals surface area contributed by atoms with Crippen LogP contribution in [0.5, 0.6) is 0 Å². The van der Waals surface area contributed by atoms with Crippen LogP contribution in [0, 0.1) is 10.1 Å². The standard InChI is InChI=1S/C29H30N4O4/c1-2-16-32(29(35)23-11-8-12-25(18-23)33(36)37)21-28(34)31(20-22-9-4-3-5-10-22)17-15-24-19-30-27-14-7-6-13-26(24)27/h3-14,18-19,30H,2,15-17,20-21H2,1H3. The number of nitrogens with one attached hydrogen (secondary N) is 1. The average Bonchev–Trinajstić information content (AvgIpc) is 3.34. The Bertz CT molecular complexity index is 1380. The molecule has 8 nitrogen and oxygen atoms in total. The number of benzene rings is 3. The fourth-order valence-electron chi connectivity index (χ4n) is 4.41. The lowest BCUT2D eigenvalue weighted by molar-refractivity contribution is -0.384. The predicted octanol–water partition coefficient (Wildman–Crippen LogP) is 5.20. The average molecular weight is 499 g/mol. The smallest absolute Gasteiger partial charge is 0.270 e. The van der Waals surface area contributed by atoms with Gasteiger partial charge in [0.15, 0.2) is 0 Å². The lowest BCUT2D eigenvalue weighted by Gasteiger charge is -2.28. The van der Waals surface area contributed by atoms with Gasteiger partial charge in [-0.05, 0) is 36.1 Å². The number of hydrogen-bond donors (Lipinski definition) is 1. The van der Waals surface area contributed by atoms with Crippen LogP contribution in [0.3, 0.4) is 0 Å². The molecule has 2 amide bonds. The van der Waals surface area contributed by atoms with Gasteiger partial charge in [0.1, 0.15) is 6.54 Å². The third-order valence-corrected chi connectivity index (χ3v) is 6.31. The second kappa shape index (κ2) is 12.0. The van der Waals surface area contributed by atoms with Crippen molar-refractivity contribution in [1.82, 2.24) is 14.8 Å². The number of nitro groups is 1. The Morgan fingerprint density at radius 2 is 1.68 bits per heavy atom. The highest BCUT2D eigenvalue weighted by Crippen LogP contribution is 2.19. The monoisotopic (exact) mass is 498 g/mol. The minimum absolute atomic E-state index is 0.101. The molecular formula is C29H30N4O4. The summed E-state index contributed by atoms with van der Waals surface area (Å²) in [6, 6.07) is 23.5. The number of non-ortho nitro benzene ring substituents is 1. The van der Waals surface area contributed by atoms with Gasteiger partial charge in [-0.2, -0.15) is 0 Å². The Balaban J connectivity index is 1.53. The molecule has 0 fully saturated rings. The number of rotatable bonds is 11. The lowest BCUT2D eigenvalue weighted by Crippen LogP contribution is -2.43. The zero-order valence-corrected chi connectivity index (χ0v) is 20.8. The summed E-state index contributed by atoms with van der Waals surface area (Å²) < 4.78 is 0. The normalized spacial score (nSPS) is 10.8. The summed E-state index contributed by atoms with van der Waals surface area (Å²) >= 11 is 0. The Morgan fingerprint density at radius 1 is 0.919 bits per heavy atom. The van der Waals surface area contributed by atoms with Crippen LogP contribution in [0.4, 0.5) is 5.69 Å². The molecule has 3 aromatic carbocycles. The number of aromatic nitrogens is 1. The van der Waals surface area contributed by atoms with Gasteiger partial charge in [-0.25, -0.2) is 0 Å². The fraction of sp³-hybridized carbons (Fsp3) is 0.241. The number of nitrogens with zero attached hydrogens (tertiary/aromatic N) is 3. The summed E-state index contributed by atoms with van der Waals surface area (Å²) in [4.78, 5) is 44.0. The maximum Gasteiger partial charge on any atom is 0.270 e. The van der Waals surface area contributed by atoms with Crippen molar-refractivity contribution in [2.24, 2.45) is 0 Å². The molecule has 0 saturated heterocycles. The first-order chi connectivity index (χ1) is 18.0. The molecule has 0 unspecified atom stereocenters. The molecule has 0 radical (unpaired) electrons. The molecule has 1 N–H and O–H groups in total. The molecule has 0 aliphatic heterocycles. The Labute approximate surface area is 215 Å². The molecule has 4 rings (SSSR count). The third-order valence-electron chi connectivity index (χ3n) is 6.31. The van der Waals surface area contributed by atoms with E-state index in [2.05, 4.69) is 11.1 Å². The van der Waals surface area contributed by atoms with E-state index in [1.165, 1.54) is 23.1 Å². The van der Waals surface area contributed by atoms with Crippen LogP contribution in [0.25, 0.3) is 10.9 Å². The minimum atomic E-state index is -0.529. The van der Waals surface area contributed by atoms with E-state index >= 15 is 0 Å². The van der Waals surface area contributed by atoms with Crippen molar-refractivity contribution in [1.29, 1.82) is 0 Å². The quantitative estimate of drug-likeness (QED) is 0.227. The van der Waals surface area contributed by atoms with E-state index in [0.29, 0.717) is 32.5 Å². The number of carbonyl (C=O) groups excluding carboxylic acids is 2. The van der Waals surface area contributed by atoms with Crippen molar-refractivity contribution in [3.05, 3.63) is 112 Å². The van der Waals surface area contributed by atoms with E-state index < -0.39 is 10.8 Å². The molecule has 0 spiro atoms. The van der Waals surface area contributed by atoms with E-state index in [9.17, 15) is 19.7 Å². The number of nitro benzene ring substituents is 1. The van der Waals surface area contributed by atoms with Crippen LogP contribution in [0.2, 0.25) is 0 Å². The molecule has 190 valence electrons. The van der Waals surface area contributed by atoms with Gasteiger partial charge < -0.3 is 14.8 Å². The van der Waals surface area contributed by atoms with E-state index in [4.69, 9.17) is 0 Å². The van der Waals surface area contributed by atoms with Crippen molar-refractivity contribution in [2.75, 3.05) is 19.6 Å². The van der Waals surface area contributed by atoms with Crippen LogP contribution < -0.4 is 0 Å². The highest BCUT2D eigenvalue weighted by molar-refractivity contribution is 5.97. The summed E-state index contributed by atoms with van der Waals surface area (Å²) in [5.41, 5.74) is 3.22. The summed E-state index contributed by atoms with van der Waals surface area (Å²) in [5, 5.41) is 12.3. The third kappa shape index (κ3) is 6.41. The lowest BCUT2D eigenvalue weighted by atomic mass is 10.1. The zero-order chi connectivity index (χ0) is 26.2. The summed E-state index contributed by atoms with van der Waals surface area (Å²) in [5.74, 6) is -0.564. The molecule has 0 saturated carbocycles. The maximum absolute atomic E-state index is 13.6. The highest BCUT2D eigenvalue weighted by Gasteiger charge is 2.23. The van der Waals surface area contributed by atoms with Crippen molar-refractivity contribution in [2.45, 2.75) is 26.3 Å². The van der Waals surface area contributed by atoms with Gasteiger partial charge in [-0.3, -0.25) is 19.7 Å². The van der Waals surface area contributed by atoms with Gasteiger partial charge in [-0.1, -0.05) is 61.5 Å². The van der Waals surface area contributed by atoms with Crippen LogP contribution >= 0.6 is 0 Å². The number of fused-ring (bicyclic) bond motifs is 1. The van der Waals surface area contributed by atoms with Gasteiger partial charge in [0.2, 0.25) is 5.91 Å². The van der Waals surface area contributed by atoms with Crippen molar-refractivity contribution in [3.63, 3.8) is 0 Å². The van der Waals surface area contributed by atoms with Gasteiger partial charge in [0, 0.05) is 54.4 Å². The molecule has 37 heavy (non-hydrogen) atoms. The molecule has 8 heteroatoms. The first-order valence-corrected chi connectivity index (χ1v) is 12.4. The van der Waals surface area contributed by atoms with E-state index in [1.807, 2.05) is 61.7 Å². The summed E-state index contributed by atoms with van der Waals surface area (Å²) in [7, 11) is 0. The first-order valence-electron chi connectivity index (χ1n) is 12.4. The molecular weight excluding hydrogens is 468 g/mol. The number of aromatic amines is 1. The zero-order valence-electron chi connectivity index (χ0n) is 20.8. The minimum Gasteiger partial charge on any atom is -0.361 e. The SMILES string of the molecule is CCCN(CC(=O)N(CCc1c[nH]c2ccccc12)Cc1ccccc1)C(=O)c1cccc([N+](=O)[O-])c1. The second-order valence-electron chi connectivity index (χ2n) is 8.94. The predicted molar refractivity (Wildman–Crippen MR) is 143 cm³/mol. The van der Waals surface area contributed by atoms with Crippen LogP contribution in [0.1, 0.15) is 34.8 Å². The number of hydrogen-bond acceptors (Lipinski definition) is 4. The van der Waals surface area contributed by atoms with Gasteiger partial charge in [0.25, 0.3) is 11.6 Å². The number of amides is 2. The topological polar surface area (TPSA) is 99.6 Å². The molecule has 0 atom stereocenters. The van der Waals surface area contributed by atoms with E-state index in [1.54, 1.807) is 11.0 Å². The largest absolute Gasteiger partial charge is 0.361 e. The summed E-state index contributed by atoms with van der Waals surface area (Å²) in [6.45, 7) is 3.11. The summed E-state index contributed by atoms with van der Waals surface area (Å²) in [6.07, 6.45) is 3.29. The molecule has 1 heterocycles. The Morgan fingerprint density at radius 3 is 2.43 bits per heavy atom. The van der Waals surface area contributed by atoms with Crippen LogP contribution in [0.15, 0.2) is 85.1 Å². The van der Waals surface area contributed by atoms with Crippen molar-refractivity contribution >= 4 is 28.4 Å². The number of para-hydroxylation sites is 1.